The van der Waals surface area contributed by atoms with Gasteiger partial charge in [0.05, 0.1) is 12.9 Å². The smallest absolute Gasteiger partial charge is 0.408 e. The summed E-state index contributed by atoms with van der Waals surface area (Å²) in [5.41, 5.74) is 0.315. The molecule has 8 nitrogen and oxygen atoms in total. The zero-order valence-electron chi connectivity index (χ0n) is 16.7. The van der Waals surface area contributed by atoms with Gasteiger partial charge in [0, 0.05) is 12.6 Å². The highest BCUT2D eigenvalue weighted by Gasteiger charge is 2.24. The van der Waals surface area contributed by atoms with Crippen LogP contribution in [0, 0.1) is 0 Å². The molecule has 0 bridgehead atoms. The van der Waals surface area contributed by atoms with Gasteiger partial charge in [0.25, 0.3) is 10.0 Å². The third-order valence-electron chi connectivity index (χ3n) is 3.46. The second-order valence-corrected chi connectivity index (χ2v) is 8.90. The summed E-state index contributed by atoms with van der Waals surface area (Å²) in [6.07, 6.45) is 1.21. The van der Waals surface area contributed by atoms with E-state index in [1.807, 2.05) is 30.3 Å². The molecule has 0 spiro atoms. The maximum atomic E-state index is 12.0. The Hall–Kier alpha value is -2.42. The number of benzene rings is 1. The molecule has 156 valence electrons. The fourth-order valence-corrected chi connectivity index (χ4v) is 3.15. The van der Waals surface area contributed by atoms with E-state index < -0.39 is 33.7 Å². The van der Waals surface area contributed by atoms with Crippen LogP contribution in [0.15, 0.2) is 34.7 Å². The lowest BCUT2D eigenvalue weighted by molar-refractivity contribution is -0.142. The van der Waals surface area contributed by atoms with Crippen molar-refractivity contribution >= 4 is 28.3 Å². The van der Waals surface area contributed by atoms with Crippen LogP contribution >= 0.6 is 0 Å². The third-order valence-corrected chi connectivity index (χ3v) is 4.74. The molecule has 1 N–H and O–H groups in total. The van der Waals surface area contributed by atoms with Gasteiger partial charge in [-0.2, -0.15) is 4.40 Å². The van der Waals surface area contributed by atoms with Gasteiger partial charge < -0.3 is 14.8 Å². The molecule has 1 aromatic carbocycles. The number of aryl methyl sites for hydroxylation is 1. The van der Waals surface area contributed by atoms with Crippen molar-refractivity contribution in [2.24, 2.45) is 4.40 Å². The number of ether oxygens (including phenoxy) is 2. The molecule has 1 atom stereocenters. The zero-order valence-corrected chi connectivity index (χ0v) is 17.5. The second-order valence-electron chi connectivity index (χ2n) is 7.12. The fraction of sp³-hybridized carbons (Fsp3) is 0.526. The van der Waals surface area contributed by atoms with E-state index in [4.69, 9.17) is 4.74 Å². The molecule has 1 aromatic rings. The van der Waals surface area contributed by atoms with Crippen LogP contribution in [0.2, 0.25) is 0 Å². The van der Waals surface area contributed by atoms with Crippen LogP contribution < -0.4 is 5.32 Å². The van der Waals surface area contributed by atoms with Crippen LogP contribution in [0.3, 0.4) is 0 Å². The van der Waals surface area contributed by atoms with Gasteiger partial charge in [0.2, 0.25) is 0 Å². The Morgan fingerprint density at radius 1 is 1.21 bits per heavy atom. The summed E-state index contributed by atoms with van der Waals surface area (Å²) in [6.45, 7) is 5.05. The summed E-state index contributed by atoms with van der Waals surface area (Å²) in [5, 5.41) is 2.35. The van der Waals surface area contributed by atoms with Crippen molar-refractivity contribution in [1.82, 2.24) is 5.32 Å². The van der Waals surface area contributed by atoms with Crippen molar-refractivity contribution in [3.05, 3.63) is 35.9 Å². The van der Waals surface area contributed by atoms with Gasteiger partial charge in [-0.1, -0.05) is 30.3 Å². The topological polar surface area (TPSA) is 111 Å². The van der Waals surface area contributed by atoms with Crippen LogP contribution in [0.25, 0.3) is 0 Å². The summed E-state index contributed by atoms with van der Waals surface area (Å²) in [4.78, 5) is 23.6. The van der Waals surface area contributed by atoms with E-state index in [1.165, 1.54) is 7.11 Å². The first kappa shape index (κ1) is 23.6. The number of sulfonamides is 1. The number of methoxy groups -OCH3 is 1. The molecule has 0 aliphatic heterocycles. The molecule has 0 fully saturated rings. The van der Waals surface area contributed by atoms with Crippen LogP contribution in [-0.4, -0.2) is 51.2 Å². The first-order valence-corrected chi connectivity index (χ1v) is 10.5. The molecule has 0 unspecified atom stereocenters. The summed E-state index contributed by atoms with van der Waals surface area (Å²) in [6, 6.07) is 8.45. The van der Waals surface area contributed by atoms with E-state index in [-0.39, 0.29) is 12.2 Å². The molecule has 0 aliphatic rings. The van der Waals surface area contributed by atoms with E-state index in [0.717, 1.165) is 11.8 Å². The van der Waals surface area contributed by atoms with Gasteiger partial charge in [-0.05, 0) is 39.2 Å². The van der Waals surface area contributed by atoms with Crippen molar-refractivity contribution in [3.63, 3.8) is 0 Å². The van der Waals surface area contributed by atoms with Gasteiger partial charge in [-0.25, -0.2) is 18.0 Å². The third kappa shape index (κ3) is 10.1. The molecule has 0 aromatic heterocycles. The Morgan fingerprint density at radius 3 is 2.43 bits per heavy atom. The second kappa shape index (κ2) is 10.8. The number of carbonyl (C=O) groups is 2. The van der Waals surface area contributed by atoms with E-state index in [1.54, 1.807) is 20.8 Å². The number of amides is 1. The van der Waals surface area contributed by atoms with Crippen LogP contribution in [0.4, 0.5) is 4.79 Å². The quantitative estimate of drug-likeness (QED) is 0.493. The molecule has 0 saturated carbocycles. The van der Waals surface area contributed by atoms with Crippen molar-refractivity contribution < 1.29 is 27.5 Å². The molecular weight excluding hydrogens is 384 g/mol. The predicted octanol–water partition coefficient (Wildman–Crippen LogP) is 2.48. The summed E-state index contributed by atoms with van der Waals surface area (Å²) in [5.74, 6) is -0.834. The monoisotopic (exact) mass is 412 g/mol. The minimum Gasteiger partial charge on any atom is -0.467 e. The maximum Gasteiger partial charge on any atom is 0.408 e. The molecular formula is C19H28N2O6S. The van der Waals surface area contributed by atoms with E-state index in [2.05, 4.69) is 14.5 Å². The minimum absolute atomic E-state index is 0.110. The lowest BCUT2D eigenvalue weighted by Gasteiger charge is -2.22. The molecule has 0 radical (unpaired) electrons. The van der Waals surface area contributed by atoms with Gasteiger partial charge in [-0.3, -0.25) is 0 Å². The number of nitrogens with one attached hydrogen (secondary N) is 1. The number of hydrogen-bond acceptors (Lipinski definition) is 6. The largest absolute Gasteiger partial charge is 0.467 e. The fourth-order valence-electron chi connectivity index (χ4n) is 2.22. The highest BCUT2D eigenvalue weighted by Crippen LogP contribution is 2.08. The minimum atomic E-state index is -3.66. The normalized spacial score (nSPS) is 13.1. The lowest BCUT2D eigenvalue weighted by Crippen LogP contribution is -2.44. The Balaban J connectivity index is 2.57. The summed E-state index contributed by atoms with van der Waals surface area (Å²) in [7, 11) is -2.49. The van der Waals surface area contributed by atoms with Crippen molar-refractivity contribution in [2.75, 3.05) is 12.9 Å². The predicted molar refractivity (Wildman–Crippen MR) is 107 cm³/mol. The van der Waals surface area contributed by atoms with E-state index in [9.17, 15) is 18.0 Å². The molecule has 1 amide bonds. The van der Waals surface area contributed by atoms with Crippen molar-refractivity contribution in [2.45, 2.75) is 51.7 Å². The number of rotatable bonds is 9. The van der Waals surface area contributed by atoms with Gasteiger partial charge in [0.1, 0.15) is 11.6 Å². The highest BCUT2D eigenvalue weighted by atomic mass is 32.2. The number of alkyl carbamates (subject to hydrolysis) is 1. The van der Waals surface area contributed by atoms with E-state index >= 15 is 0 Å². The molecule has 1 rings (SSSR count). The average Bonchev–Trinajstić information content (AvgIpc) is 2.59. The Bertz CT molecular complexity index is 769. The first-order valence-electron chi connectivity index (χ1n) is 8.90. The Kier molecular flexibility index (Phi) is 9.11. The number of nitrogens with zero attached hydrogens (tertiary/aromatic N) is 1. The maximum absolute atomic E-state index is 12.0. The first-order chi connectivity index (χ1) is 13.0. The summed E-state index contributed by atoms with van der Waals surface area (Å²) >= 11 is 0. The van der Waals surface area contributed by atoms with Crippen LogP contribution in [-0.2, 0) is 30.7 Å². The molecule has 9 heteroatoms. The van der Waals surface area contributed by atoms with Gasteiger partial charge in [-0.15, -0.1) is 0 Å². The Labute approximate surface area is 166 Å². The molecule has 28 heavy (non-hydrogen) atoms. The van der Waals surface area contributed by atoms with Gasteiger partial charge in [0.15, 0.2) is 0 Å². The molecule has 0 heterocycles. The Morgan fingerprint density at radius 2 is 1.86 bits per heavy atom. The zero-order chi connectivity index (χ0) is 21.2. The number of esters is 1. The lowest BCUT2D eigenvalue weighted by atomic mass is 10.1. The summed E-state index contributed by atoms with van der Waals surface area (Å²) < 4.78 is 37.3. The highest BCUT2D eigenvalue weighted by molar-refractivity contribution is 7.90. The standard InChI is InChI=1S/C19H28N2O6S/c1-19(2,3)27-18(23)21-16(17(22)26-4)12-13-20-28(24,25)14-8-11-15-9-6-5-7-10-15/h5-7,9-10,13,16H,8,11-12,14H2,1-4H3,(H,21,23)/t16-/m0/s1. The van der Waals surface area contributed by atoms with Crippen LogP contribution in [0.1, 0.15) is 39.2 Å². The molecule has 0 saturated heterocycles. The van der Waals surface area contributed by atoms with E-state index in [0.29, 0.717) is 12.8 Å². The molecule has 0 aliphatic carbocycles. The average molecular weight is 413 g/mol. The number of hydrogen-bond donors (Lipinski definition) is 1. The van der Waals surface area contributed by atoms with Crippen molar-refractivity contribution in [3.8, 4) is 0 Å². The number of carbonyl (C=O) groups excluding carboxylic acids is 2. The SMILES string of the molecule is COC(=O)[C@H](CC=NS(=O)(=O)CCCc1ccccc1)NC(=O)OC(C)(C)C. The van der Waals surface area contributed by atoms with Crippen LogP contribution in [0.5, 0.6) is 0 Å². The van der Waals surface area contributed by atoms with Gasteiger partial charge >= 0.3 is 12.1 Å². The van der Waals surface area contributed by atoms with Crippen molar-refractivity contribution in [1.29, 1.82) is 0 Å².